The molecule has 4 rings (SSSR count). The Balaban J connectivity index is 1.97. The van der Waals surface area contributed by atoms with Crippen molar-refractivity contribution in [3.05, 3.63) is 90.6 Å². The SMILES string of the molecule is Cc1cc(C)c2cc(C(=O)c3cc4c(C(F)(F)F)cc(C)cc4oc3=O)c(=O)oc2c1. The molecule has 158 valence electrons. The zero-order chi connectivity index (χ0) is 22.7. The average Bonchev–Trinajstić information content (AvgIpc) is 2.64. The van der Waals surface area contributed by atoms with Crippen molar-refractivity contribution in [2.24, 2.45) is 0 Å². The maximum Gasteiger partial charge on any atom is 0.417 e. The van der Waals surface area contributed by atoms with Crippen LogP contribution in [0.4, 0.5) is 13.2 Å². The Hall–Kier alpha value is -3.68. The summed E-state index contributed by atoms with van der Waals surface area (Å²) in [5.74, 6) is -1.07. The van der Waals surface area contributed by atoms with Crippen molar-refractivity contribution in [3.8, 4) is 0 Å². The smallest absolute Gasteiger partial charge is 0.417 e. The van der Waals surface area contributed by atoms with E-state index in [9.17, 15) is 27.6 Å². The van der Waals surface area contributed by atoms with Crippen molar-refractivity contribution in [2.75, 3.05) is 0 Å². The van der Waals surface area contributed by atoms with Crippen LogP contribution < -0.4 is 11.3 Å². The van der Waals surface area contributed by atoms with Crippen LogP contribution in [0.1, 0.15) is 38.2 Å². The summed E-state index contributed by atoms with van der Waals surface area (Å²) in [6.07, 6.45) is -4.73. The molecule has 0 spiro atoms. The summed E-state index contributed by atoms with van der Waals surface area (Å²) in [7, 11) is 0. The molecule has 2 aromatic carbocycles. The maximum atomic E-state index is 13.5. The van der Waals surface area contributed by atoms with Gasteiger partial charge in [-0.1, -0.05) is 6.07 Å². The number of carbonyl (C=O) groups excluding carboxylic acids is 1. The van der Waals surface area contributed by atoms with Crippen LogP contribution in [-0.2, 0) is 6.18 Å². The Bertz CT molecular complexity index is 1510. The van der Waals surface area contributed by atoms with Crippen LogP contribution in [0, 0.1) is 20.8 Å². The van der Waals surface area contributed by atoms with E-state index in [2.05, 4.69) is 0 Å². The number of fused-ring (bicyclic) bond motifs is 2. The van der Waals surface area contributed by atoms with Gasteiger partial charge < -0.3 is 8.83 Å². The van der Waals surface area contributed by atoms with Gasteiger partial charge in [0.1, 0.15) is 22.3 Å². The third-order valence-corrected chi connectivity index (χ3v) is 5.00. The average molecular weight is 428 g/mol. The molecule has 0 bridgehead atoms. The van der Waals surface area contributed by atoms with Gasteiger partial charge in [-0.2, -0.15) is 13.2 Å². The molecule has 0 saturated heterocycles. The van der Waals surface area contributed by atoms with E-state index in [1.807, 2.05) is 13.0 Å². The number of carbonyl (C=O) groups is 1. The fraction of sp³-hybridized carbons (Fsp3) is 0.174. The predicted molar refractivity (Wildman–Crippen MR) is 108 cm³/mol. The molecule has 0 unspecified atom stereocenters. The van der Waals surface area contributed by atoms with Crippen LogP contribution in [0.25, 0.3) is 21.9 Å². The highest BCUT2D eigenvalue weighted by Gasteiger charge is 2.34. The van der Waals surface area contributed by atoms with Gasteiger partial charge >= 0.3 is 17.4 Å². The number of ketones is 1. The van der Waals surface area contributed by atoms with Crippen LogP contribution in [0.5, 0.6) is 0 Å². The minimum atomic E-state index is -4.73. The van der Waals surface area contributed by atoms with Crippen LogP contribution in [0.2, 0.25) is 0 Å². The lowest BCUT2D eigenvalue weighted by molar-refractivity contribution is -0.136. The predicted octanol–water partition coefficient (Wildman–Crippen LogP) is 5.07. The summed E-state index contributed by atoms with van der Waals surface area (Å²) in [5, 5.41) is 0.0309. The van der Waals surface area contributed by atoms with Gasteiger partial charge in [-0.05, 0) is 67.8 Å². The number of alkyl halides is 3. The normalized spacial score (nSPS) is 11.9. The first kappa shape index (κ1) is 20.6. The van der Waals surface area contributed by atoms with Gasteiger partial charge in [0.15, 0.2) is 0 Å². The highest BCUT2D eigenvalue weighted by molar-refractivity contribution is 6.11. The lowest BCUT2D eigenvalue weighted by Crippen LogP contribution is -2.21. The molecular weight excluding hydrogens is 413 g/mol. The quantitative estimate of drug-likeness (QED) is 0.329. The van der Waals surface area contributed by atoms with Crippen molar-refractivity contribution in [1.82, 2.24) is 0 Å². The minimum Gasteiger partial charge on any atom is -0.422 e. The lowest BCUT2D eigenvalue weighted by Gasteiger charge is -2.12. The van der Waals surface area contributed by atoms with Crippen LogP contribution in [-0.4, -0.2) is 5.78 Å². The van der Waals surface area contributed by atoms with Crippen molar-refractivity contribution in [3.63, 3.8) is 0 Å². The molecule has 2 aromatic heterocycles. The van der Waals surface area contributed by atoms with E-state index in [1.54, 1.807) is 13.0 Å². The molecule has 0 saturated carbocycles. The standard InChI is InChI=1S/C23H15F3O5/c1-10-4-12(3)13-8-15(21(28)30-18(13)6-10)20(27)16-9-14-17(23(24,25)26)5-11(2)7-19(14)31-22(16)29/h4-9H,1-3H3. The molecule has 0 aliphatic carbocycles. The van der Waals surface area contributed by atoms with Gasteiger partial charge in [0.25, 0.3) is 0 Å². The van der Waals surface area contributed by atoms with Gasteiger partial charge in [-0.25, -0.2) is 9.59 Å². The van der Waals surface area contributed by atoms with E-state index in [4.69, 9.17) is 8.83 Å². The molecule has 0 N–H and O–H groups in total. The Labute approximate surface area is 172 Å². The molecule has 0 aliphatic heterocycles. The van der Waals surface area contributed by atoms with Crippen molar-refractivity contribution in [1.29, 1.82) is 0 Å². The molecule has 0 radical (unpaired) electrons. The molecule has 31 heavy (non-hydrogen) atoms. The van der Waals surface area contributed by atoms with Gasteiger partial charge in [0.05, 0.1) is 5.56 Å². The molecule has 2 heterocycles. The molecule has 0 fully saturated rings. The molecular formula is C23H15F3O5. The summed E-state index contributed by atoms with van der Waals surface area (Å²) < 4.78 is 50.7. The fourth-order valence-corrected chi connectivity index (χ4v) is 3.62. The summed E-state index contributed by atoms with van der Waals surface area (Å²) in [5.41, 5.74) is -2.56. The Morgan fingerprint density at radius 2 is 1.23 bits per heavy atom. The second kappa shape index (κ2) is 6.94. The Morgan fingerprint density at radius 1 is 0.742 bits per heavy atom. The van der Waals surface area contributed by atoms with E-state index < -0.39 is 45.3 Å². The molecule has 5 nitrogen and oxygen atoms in total. The van der Waals surface area contributed by atoms with Gasteiger partial charge in [0, 0.05) is 10.8 Å². The van der Waals surface area contributed by atoms with E-state index in [-0.39, 0.29) is 16.7 Å². The first-order chi connectivity index (χ1) is 14.5. The van der Waals surface area contributed by atoms with E-state index >= 15 is 0 Å². The second-order valence-electron chi connectivity index (χ2n) is 7.44. The highest BCUT2D eigenvalue weighted by atomic mass is 19.4. The first-order valence-corrected chi connectivity index (χ1v) is 9.21. The topological polar surface area (TPSA) is 77.5 Å². The van der Waals surface area contributed by atoms with Crippen LogP contribution in [0.15, 0.2) is 54.8 Å². The van der Waals surface area contributed by atoms with E-state index in [1.165, 1.54) is 19.1 Å². The van der Waals surface area contributed by atoms with E-state index in [0.717, 1.165) is 23.3 Å². The van der Waals surface area contributed by atoms with Crippen molar-refractivity contribution < 1.29 is 26.8 Å². The number of hydrogen-bond donors (Lipinski definition) is 0. The number of benzene rings is 2. The van der Waals surface area contributed by atoms with E-state index in [0.29, 0.717) is 5.39 Å². The maximum absolute atomic E-state index is 13.5. The highest BCUT2D eigenvalue weighted by Crippen LogP contribution is 2.35. The fourth-order valence-electron chi connectivity index (χ4n) is 3.62. The molecule has 0 aliphatic rings. The monoisotopic (exact) mass is 428 g/mol. The largest absolute Gasteiger partial charge is 0.422 e. The zero-order valence-corrected chi connectivity index (χ0v) is 16.6. The van der Waals surface area contributed by atoms with Crippen LogP contribution in [0.3, 0.4) is 0 Å². The Kier molecular flexibility index (Phi) is 4.61. The summed E-state index contributed by atoms with van der Waals surface area (Å²) in [4.78, 5) is 37.8. The van der Waals surface area contributed by atoms with Gasteiger partial charge in [-0.3, -0.25) is 4.79 Å². The number of hydrogen-bond acceptors (Lipinski definition) is 5. The second-order valence-corrected chi connectivity index (χ2v) is 7.44. The lowest BCUT2D eigenvalue weighted by atomic mass is 9.99. The van der Waals surface area contributed by atoms with Gasteiger partial charge in [0.2, 0.25) is 5.78 Å². The molecule has 8 heteroatoms. The molecule has 0 amide bonds. The summed E-state index contributed by atoms with van der Waals surface area (Å²) >= 11 is 0. The van der Waals surface area contributed by atoms with Crippen LogP contribution >= 0.6 is 0 Å². The number of aryl methyl sites for hydroxylation is 3. The third kappa shape index (κ3) is 3.54. The summed E-state index contributed by atoms with van der Waals surface area (Å²) in [6.45, 7) is 5.00. The number of rotatable bonds is 2. The summed E-state index contributed by atoms with van der Waals surface area (Å²) in [6, 6.07) is 7.71. The molecule has 0 atom stereocenters. The van der Waals surface area contributed by atoms with Crippen molar-refractivity contribution >= 4 is 27.7 Å². The van der Waals surface area contributed by atoms with Gasteiger partial charge in [-0.15, -0.1) is 0 Å². The molecule has 4 aromatic rings. The zero-order valence-electron chi connectivity index (χ0n) is 16.6. The Morgan fingerprint density at radius 3 is 1.77 bits per heavy atom. The van der Waals surface area contributed by atoms with Crippen molar-refractivity contribution in [2.45, 2.75) is 26.9 Å². The first-order valence-electron chi connectivity index (χ1n) is 9.21. The number of halogens is 3. The third-order valence-electron chi connectivity index (χ3n) is 5.00. The minimum absolute atomic E-state index is 0.239.